The van der Waals surface area contributed by atoms with Crippen molar-refractivity contribution < 1.29 is 113 Å². The minimum absolute atomic E-state index is 0.481. The SMILES string of the molecule is COC(=O)c1cc(OC2O[C@H](C(O)C(C)=O)[C@](O)(C(C)=O)[C@@](O)(C(C)=O)[C@]2(O)C(C)=O)c(O)c(OC2O[C@H](C(O)C(C)=O)[C@](O)(C(C)=O)[C@@](O)(C(C)=O)[C@]2(O)C(C)=O)c1. The van der Waals surface area contributed by atoms with Crippen LogP contribution in [0.5, 0.6) is 17.2 Å². The van der Waals surface area contributed by atoms with Gasteiger partial charge in [-0.1, -0.05) is 0 Å². The molecule has 0 bridgehead atoms. The zero-order valence-electron chi connectivity index (χ0n) is 32.9. The maximum Gasteiger partial charge on any atom is 0.338 e. The third-order valence-corrected chi connectivity index (χ3v) is 10.8. The van der Waals surface area contributed by atoms with Gasteiger partial charge in [-0.25, -0.2) is 4.79 Å². The highest BCUT2D eigenvalue weighted by Crippen LogP contribution is 2.52. The second kappa shape index (κ2) is 15.9. The highest BCUT2D eigenvalue weighted by Gasteiger charge is 2.81. The number of Topliss-reactive ketones (excluding diaryl/α,β-unsaturated/α-hetero) is 8. The summed E-state index contributed by atoms with van der Waals surface area (Å²) in [4.78, 5) is 116. The fourth-order valence-electron chi connectivity index (χ4n) is 7.31. The summed E-state index contributed by atoms with van der Waals surface area (Å²) in [5.41, 5.74) is -24.4. The van der Waals surface area contributed by atoms with E-state index in [9.17, 15) is 89.1 Å². The summed E-state index contributed by atoms with van der Waals surface area (Å²) in [6, 6.07) is 1.07. The average Bonchev–Trinajstić information content (AvgIpc) is 3.14. The molecule has 2 heterocycles. The number of aliphatic hydroxyl groups is 8. The Labute approximate surface area is 333 Å². The Balaban J connectivity index is 2.45. The average molecular weight is 845 g/mol. The van der Waals surface area contributed by atoms with Crippen LogP contribution in [0.2, 0.25) is 0 Å². The molecule has 0 radical (unpaired) electrons. The van der Waals surface area contributed by atoms with Crippen LogP contribution in [0.4, 0.5) is 0 Å². The molecule has 9 N–H and O–H groups in total. The van der Waals surface area contributed by atoms with Crippen molar-refractivity contribution in [1.82, 2.24) is 0 Å². The molecule has 4 unspecified atom stereocenters. The fourth-order valence-corrected chi connectivity index (χ4v) is 7.31. The van der Waals surface area contributed by atoms with Crippen LogP contribution in [-0.4, -0.2) is 176 Å². The number of hydrogen-bond donors (Lipinski definition) is 9. The quantitative estimate of drug-likeness (QED) is 0.0748. The van der Waals surface area contributed by atoms with Crippen LogP contribution in [0, 0.1) is 0 Å². The third-order valence-electron chi connectivity index (χ3n) is 10.8. The summed E-state index contributed by atoms with van der Waals surface area (Å²) < 4.78 is 26.5. The Morgan fingerprint density at radius 1 is 0.542 bits per heavy atom. The van der Waals surface area contributed by atoms with E-state index < -0.39 is 146 Å². The van der Waals surface area contributed by atoms with Crippen molar-refractivity contribution in [3.8, 4) is 17.2 Å². The van der Waals surface area contributed by atoms with Gasteiger partial charge in [0, 0.05) is 0 Å². The molecule has 326 valence electrons. The molecule has 1 aromatic carbocycles. The van der Waals surface area contributed by atoms with Crippen LogP contribution < -0.4 is 9.47 Å². The summed E-state index contributed by atoms with van der Waals surface area (Å²) in [5.74, 6) is -18.0. The molecule has 2 saturated heterocycles. The highest BCUT2D eigenvalue weighted by molar-refractivity contribution is 6.07. The molecule has 3 rings (SSSR count). The number of phenolic OH excluding ortho intramolecular Hbond substituents is 1. The lowest BCUT2D eigenvalue weighted by atomic mass is 9.60. The first-order chi connectivity index (χ1) is 26.8. The number of ketones is 8. The van der Waals surface area contributed by atoms with E-state index >= 15 is 0 Å². The topological polar surface area (TPSA) is 382 Å². The van der Waals surface area contributed by atoms with Crippen molar-refractivity contribution >= 4 is 52.2 Å². The molecule has 0 aromatic heterocycles. The van der Waals surface area contributed by atoms with E-state index in [4.69, 9.17) is 18.9 Å². The minimum Gasteiger partial charge on any atom is -0.502 e. The van der Waals surface area contributed by atoms with E-state index in [1.165, 1.54) is 0 Å². The molecular formula is C36H44O23. The summed E-state index contributed by atoms with van der Waals surface area (Å²) in [6.45, 7) is 4.45. The van der Waals surface area contributed by atoms with Crippen molar-refractivity contribution in [2.45, 2.75) is 126 Å². The molecule has 0 spiro atoms. The van der Waals surface area contributed by atoms with Gasteiger partial charge in [0.2, 0.25) is 40.7 Å². The van der Waals surface area contributed by atoms with E-state index in [1.54, 1.807) is 0 Å². The number of hydrogen-bond acceptors (Lipinski definition) is 23. The zero-order chi connectivity index (χ0) is 45.9. The van der Waals surface area contributed by atoms with Crippen LogP contribution in [0.1, 0.15) is 65.7 Å². The zero-order valence-corrected chi connectivity index (χ0v) is 32.9. The molecule has 2 aliphatic heterocycles. The highest BCUT2D eigenvalue weighted by atomic mass is 16.7. The Hall–Kier alpha value is -4.95. The van der Waals surface area contributed by atoms with E-state index in [0.717, 1.165) is 7.11 Å². The fraction of sp³-hybridized carbons (Fsp3) is 0.583. The Morgan fingerprint density at radius 3 is 1.05 bits per heavy atom. The van der Waals surface area contributed by atoms with Crippen LogP contribution in [0.3, 0.4) is 0 Å². The molecule has 2 fully saturated rings. The molecule has 23 heteroatoms. The molecule has 1 aromatic rings. The summed E-state index contributed by atoms with van der Waals surface area (Å²) >= 11 is 0. The molecule has 2 aliphatic rings. The monoisotopic (exact) mass is 844 g/mol. The maximum atomic E-state index is 13.2. The number of carbonyl (C=O) groups excluding carboxylic acids is 9. The maximum absolute atomic E-state index is 13.2. The molecule has 0 amide bonds. The summed E-state index contributed by atoms with van der Waals surface area (Å²) in [5, 5.41) is 104. The van der Waals surface area contributed by atoms with Crippen molar-refractivity contribution in [2.24, 2.45) is 0 Å². The lowest BCUT2D eigenvalue weighted by molar-refractivity contribution is -0.358. The van der Waals surface area contributed by atoms with Gasteiger partial charge in [-0.3, -0.25) is 38.4 Å². The number of aliphatic hydroxyl groups excluding tert-OH is 2. The minimum atomic E-state index is -4.05. The van der Waals surface area contributed by atoms with Crippen molar-refractivity contribution in [2.75, 3.05) is 7.11 Å². The van der Waals surface area contributed by atoms with E-state index in [0.29, 0.717) is 67.5 Å². The van der Waals surface area contributed by atoms with Gasteiger partial charge in [-0.05, 0) is 67.5 Å². The molecule has 12 atom stereocenters. The normalized spacial score (nSPS) is 35.3. The predicted molar refractivity (Wildman–Crippen MR) is 185 cm³/mol. The van der Waals surface area contributed by atoms with Crippen molar-refractivity contribution in [3.05, 3.63) is 17.7 Å². The van der Waals surface area contributed by atoms with Crippen LogP contribution >= 0.6 is 0 Å². The van der Waals surface area contributed by atoms with Crippen LogP contribution in [-0.2, 0) is 52.6 Å². The number of esters is 1. The smallest absolute Gasteiger partial charge is 0.338 e. The number of phenols is 1. The lowest BCUT2D eigenvalue weighted by Gasteiger charge is -2.57. The van der Waals surface area contributed by atoms with E-state index in [1.807, 2.05) is 0 Å². The summed E-state index contributed by atoms with van der Waals surface area (Å²) in [6.07, 6.45) is -16.7. The summed E-state index contributed by atoms with van der Waals surface area (Å²) in [7, 11) is 0.820. The number of benzene rings is 1. The van der Waals surface area contributed by atoms with Crippen molar-refractivity contribution in [3.63, 3.8) is 0 Å². The first-order valence-corrected chi connectivity index (χ1v) is 17.2. The second-order valence-corrected chi connectivity index (χ2v) is 14.3. The van der Waals surface area contributed by atoms with Crippen LogP contribution in [0.25, 0.3) is 0 Å². The second-order valence-electron chi connectivity index (χ2n) is 14.3. The van der Waals surface area contributed by atoms with Crippen LogP contribution in [0.15, 0.2) is 12.1 Å². The Bertz CT molecular complexity index is 1880. The van der Waals surface area contributed by atoms with Gasteiger partial charge in [0.05, 0.1) is 12.7 Å². The Morgan fingerprint density at radius 2 is 0.831 bits per heavy atom. The Kier molecular flexibility index (Phi) is 13.1. The number of rotatable bonds is 15. The first-order valence-electron chi connectivity index (χ1n) is 17.2. The molecule has 59 heavy (non-hydrogen) atoms. The molecule has 0 aliphatic carbocycles. The van der Waals surface area contributed by atoms with Gasteiger partial charge in [0.15, 0.2) is 69.0 Å². The van der Waals surface area contributed by atoms with E-state index in [-0.39, 0.29) is 0 Å². The van der Waals surface area contributed by atoms with Gasteiger partial charge in [-0.15, -0.1) is 0 Å². The lowest BCUT2D eigenvalue weighted by Crippen LogP contribution is -2.87. The van der Waals surface area contributed by atoms with E-state index in [2.05, 4.69) is 4.74 Å². The number of methoxy groups -OCH3 is 1. The standard InChI is InChI=1S/C36H44O23/c1-12(37)23(45)26-31(49,14(3)39)35(53,18(7)43)33(51,16(5)41)29(58-26)56-21-10-20(28(48)55-9)11-22(25(21)47)57-30-34(52,17(6)42)36(54,19(8)44)32(50,15(4)40)27(59-30)24(46)13(2)38/h10-11,23-24,26-27,29-30,45-47,49-54H,1-9H3/t23?,24?,26-,27-,29?,30?,31-,32-,33+,34+,35+,36+/m1/s1. The van der Waals surface area contributed by atoms with Gasteiger partial charge in [0.1, 0.15) is 24.4 Å². The molecule has 23 nitrogen and oxygen atoms in total. The third kappa shape index (κ3) is 6.57. The first kappa shape index (κ1) is 48.4. The van der Waals surface area contributed by atoms with Gasteiger partial charge in [-0.2, -0.15) is 0 Å². The van der Waals surface area contributed by atoms with Gasteiger partial charge in [0.25, 0.3) is 0 Å². The number of ether oxygens (including phenoxy) is 5. The molecular weight excluding hydrogens is 800 g/mol. The van der Waals surface area contributed by atoms with Gasteiger partial charge >= 0.3 is 5.97 Å². The largest absolute Gasteiger partial charge is 0.502 e. The molecule has 0 saturated carbocycles. The number of carbonyl (C=O) groups is 9. The van der Waals surface area contributed by atoms with Crippen molar-refractivity contribution in [1.29, 1.82) is 0 Å². The number of aromatic hydroxyl groups is 1. The van der Waals surface area contributed by atoms with Gasteiger partial charge < -0.3 is 69.6 Å². The predicted octanol–water partition coefficient (Wildman–Crippen LogP) is -4.79.